The van der Waals surface area contributed by atoms with Crippen LogP contribution in [0.1, 0.15) is 5.56 Å². The lowest BCUT2D eigenvalue weighted by Gasteiger charge is -2.09. The van der Waals surface area contributed by atoms with E-state index < -0.39 is 5.97 Å². The van der Waals surface area contributed by atoms with Crippen molar-refractivity contribution in [1.29, 1.82) is 0 Å². The average Bonchev–Trinajstić information content (AvgIpc) is 2.71. The van der Waals surface area contributed by atoms with Gasteiger partial charge in [0.05, 0.1) is 12.9 Å². The lowest BCUT2D eigenvalue weighted by molar-refractivity contribution is -0.146. The van der Waals surface area contributed by atoms with Crippen molar-refractivity contribution in [3.05, 3.63) is 83.0 Å². The summed E-state index contributed by atoms with van der Waals surface area (Å²) in [6.07, 6.45) is 2.81. The van der Waals surface area contributed by atoms with E-state index in [0.29, 0.717) is 11.5 Å². The SMILES string of the molecule is Cc1ccc(Oc2ccc(OCC(=O)OCCn3cnccc3=O)cc2)cc1. The van der Waals surface area contributed by atoms with Crippen molar-refractivity contribution in [3.8, 4) is 17.2 Å². The van der Waals surface area contributed by atoms with Gasteiger partial charge in [0.1, 0.15) is 23.9 Å². The smallest absolute Gasteiger partial charge is 0.344 e. The van der Waals surface area contributed by atoms with Crippen LogP contribution in [0.5, 0.6) is 17.2 Å². The summed E-state index contributed by atoms with van der Waals surface area (Å²) in [7, 11) is 0. The van der Waals surface area contributed by atoms with Crippen LogP contribution >= 0.6 is 0 Å². The van der Waals surface area contributed by atoms with Gasteiger partial charge in [0.15, 0.2) is 6.61 Å². The summed E-state index contributed by atoms with van der Waals surface area (Å²) in [5.74, 6) is 1.42. The van der Waals surface area contributed by atoms with Crippen LogP contribution in [0.15, 0.2) is 71.9 Å². The minimum Gasteiger partial charge on any atom is -0.482 e. The Hall–Kier alpha value is -3.61. The van der Waals surface area contributed by atoms with Crippen molar-refractivity contribution in [1.82, 2.24) is 9.55 Å². The van der Waals surface area contributed by atoms with Gasteiger partial charge in [-0.1, -0.05) is 17.7 Å². The van der Waals surface area contributed by atoms with Crippen molar-refractivity contribution in [2.75, 3.05) is 13.2 Å². The third-order valence-electron chi connectivity index (χ3n) is 3.82. The Morgan fingerprint density at radius 1 is 0.964 bits per heavy atom. The molecule has 0 fully saturated rings. The molecule has 0 aliphatic rings. The van der Waals surface area contributed by atoms with Crippen LogP contribution < -0.4 is 15.0 Å². The molecule has 0 atom stereocenters. The van der Waals surface area contributed by atoms with E-state index >= 15 is 0 Å². The molecule has 1 aromatic heterocycles. The van der Waals surface area contributed by atoms with Gasteiger partial charge in [0, 0.05) is 12.3 Å². The molecule has 0 amide bonds. The molecule has 3 rings (SSSR count). The molecule has 7 heteroatoms. The van der Waals surface area contributed by atoms with Crippen molar-refractivity contribution in [3.63, 3.8) is 0 Å². The van der Waals surface area contributed by atoms with Crippen LogP contribution in [0.2, 0.25) is 0 Å². The number of rotatable bonds is 8. The molecule has 0 saturated heterocycles. The summed E-state index contributed by atoms with van der Waals surface area (Å²) in [6, 6.07) is 16.0. The van der Waals surface area contributed by atoms with Crippen LogP contribution in [0, 0.1) is 6.92 Å². The highest BCUT2D eigenvalue weighted by atomic mass is 16.6. The largest absolute Gasteiger partial charge is 0.482 e. The number of carbonyl (C=O) groups excluding carboxylic acids is 1. The highest BCUT2D eigenvalue weighted by molar-refractivity contribution is 5.71. The number of ether oxygens (including phenoxy) is 3. The van der Waals surface area contributed by atoms with Crippen LogP contribution in [0.25, 0.3) is 0 Å². The summed E-state index contributed by atoms with van der Waals surface area (Å²) in [6.45, 7) is 2.10. The molecule has 7 nitrogen and oxygen atoms in total. The predicted octanol–water partition coefficient (Wildman–Crippen LogP) is 2.97. The van der Waals surface area contributed by atoms with E-state index in [0.717, 1.165) is 11.3 Å². The van der Waals surface area contributed by atoms with E-state index in [9.17, 15) is 9.59 Å². The van der Waals surface area contributed by atoms with E-state index in [1.807, 2.05) is 31.2 Å². The highest BCUT2D eigenvalue weighted by Gasteiger charge is 2.06. The Morgan fingerprint density at radius 3 is 2.29 bits per heavy atom. The fraction of sp³-hybridized carbons (Fsp3) is 0.190. The minimum absolute atomic E-state index is 0.0666. The fourth-order valence-electron chi connectivity index (χ4n) is 2.33. The number of aromatic nitrogens is 2. The van der Waals surface area contributed by atoms with Gasteiger partial charge in [-0.3, -0.25) is 9.36 Å². The summed E-state index contributed by atoms with van der Waals surface area (Å²) in [4.78, 5) is 27.1. The number of benzene rings is 2. The summed E-state index contributed by atoms with van der Waals surface area (Å²) in [5.41, 5.74) is 0.964. The topological polar surface area (TPSA) is 79.7 Å². The summed E-state index contributed by atoms with van der Waals surface area (Å²) >= 11 is 0. The standard InChI is InChI=1S/C21H20N2O5/c1-16-2-4-18(5-3-16)28-19-8-6-17(7-9-19)27-14-21(25)26-13-12-23-15-22-11-10-20(23)24/h2-11,15H,12-14H2,1H3. The van der Waals surface area contributed by atoms with Gasteiger partial charge in [0.25, 0.3) is 5.56 Å². The van der Waals surface area contributed by atoms with Gasteiger partial charge in [0.2, 0.25) is 0 Å². The third kappa shape index (κ3) is 5.70. The first-order valence-corrected chi connectivity index (χ1v) is 8.73. The molecule has 144 valence electrons. The minimum atomic E-state index is -0.517. The molecular weight excluding hydrogens is 360 g/mol. The molecule has 0 bridgehead atoms. The molecule has 28 heavy (non-hydrogen) atoms. The van der Waals surface area contributed by atoms with Crippen molar-refractivity contribution < 1.29 is 19.0 Å². The third-order valence-corrected chi connectivity index (χ3v) is 3.82. The average molecular weight is 380 g/mol. The van der Waals surface area contributed by atoms with E-state index in [4.69, 9.17) is 14.2 Å². The molecule has 3 aromatic rings. The first-order valence-electron chi connectivity index (χ1n) is 8.73. The molecule has 1 heterocycles. The van der Waals surface area contributed by atoms with Gasteiger partial charge in [-0.2, -0.15) is 0 Å². The van der Waals surface area contributed by atoms with E-state index in [-0.39, 0.29) is 25.3 Å². The summed E-state index contributed by atoms with van der Waals surface area (Å²) in [5, 5.41) is 0. The van der Waals surface area contributed by atoms with E-state index in [1.54, 1.807) is 24.3 Å². The van der Waals surface area contributed by atoms with Crippen LogP contribution in [0.3, 0.4) is 0 Å². The zero-order valence-electron chi connectivity index (χ0n) is 15.4. The first kappa shape index (κ1) is 19.2. The Balaban J connectivity index is 1.41. The second-order valence-corrected chi connectivity index (χ2v) is 6.01. The molecule has 0 unspecified atom stereocenters. The van der Waals surface area contributed by atoms with E-state index in [1.165, 1.54) is 23.2 Å². The zero-order chi connectivity index (χ0) is 19.8. The fourth-order valence-corrected chi connectivity index (χ4v) is 2.33. The van der Waals surface area contributed by atoms with Crippen molar-refractivity contribution >= 4 is 5.97 Å². The van der Waals surface area contributed by atoms with E-state index in [2.05, 4.69) is 4.98 Å². The van der Waals surface area contributed by atoms with Crippen molar-refractivity contribution in [2.24, 2.45) is 0 Å². The molecule has 0 spiro atoms. The predicted molar refractivity (Wildman–Crippen MR) is 103 cm³/mol. The maximum absolute atomic E-state index is 11.8. The Kier molecular flexibility index (Phi) is 6.41. The zero-order valence-corrected chi connectivity index (χ0v) is 15.4. The molecule has 0 aliphatic heterocycles. The maximum Gasteiger partial charge on any atom is 0.344 e. The number of nitrogens with zero attached hydrogens (tertiary/aromatic N) is 2. The molecule has 0 radical (unpaired) electrons. The van der Waals surface area contributed by atoms with Crippen LogP contribution in [0.4, 0.5) is 0 Å². The number of carbonyl (C=O) groups is 1. The lowest BCUT2D eigenvalue weighted by atomic mass is 10.2. The molecule has 2 aromatic carbocycles. The number of esters is 1. The van der Waals surface area contributed by atoms with Gasteiger partial charge >= 0.3 is 5.97 Å². The number of hydrogen-bond donors (Lipinski definition) is 0. The Labute approximate surface area is 162 Å². The quantitative estimate of drug-likeness (QED) is 0.559. The van der Waals surface area contributed by atoms with Gasteiger partial charge in [-0.25, -0.2) is 9.78 Å². The molecule has 0 saturated carbocycles. The normalized spacial score (nSPS) is 10.3. The van der Waals surface area contributed by atoms with Crippen LogP contribution in [-0.2, 0) is 16.1 Å². The first-order chi connectivity index (χ1) is 13.6. The van der Waals surface area contributed by atoms with Crippen molar-refractivity contribution in [2.45, 2.75) is 13.5 Å². The van der Waals surface area contributed by atoms with Gasteiger partial charge in [-0.15, -0.1) is 0 Å². The van der Waals surface area contributed by atoms with Crippen LogP contribution in [-0.4, -0.2) is 28.7 Å². The van der Waals surface area contributed by atoms with Gasteiger partial charge < -0.3 is 14.2 Å². The Bertz CT molecular complexity index is 965. The second kappa shape index (κ2) is 9.36. The number of hydrogen-bond acceptors (Lipinski definition) is 6. The number of aryl methyl sites for hydroxylation is 1. The lowest BCUT2D eigenvalue weighted by Crippen LogP contribution is -2.23. The molecular formula is C21H20N2O5. The maximum atomic E-state index is 11.8. The Morgan fingerprint density at radius 2 is 1.61 bits per heavy atom. The monoisotopic (exact) mass is 380 g/mol. The molecule has 0 N–H and O–H groups in total. The van der Waals surface area contributed by atoms with Gasteiger partial charge in [-0.05, 0) is 43.3 Å². The second-order valence-electron chi connectivity index (χ2n) is 6.01. The summed E-state index contributed by atoms with van der Waals surface area (Å²) < 4.78 is 17.6. The molecule has 0 aliphatic carbocycles. The highest BCUT2D eigenvalue weighted by Crippen LogP contribution is 2.24.